The molecule has 0 amide bonds. The highest BCUT2D eigenvalue weighted by molar-refractivity contribution is 5.47. The van der Waals surface area contributed by atoms with E-state index in [4.69, 9.17) is 9.72 Å². The Morgan fingerprint density at radius 3 is 2.28 bits per heavy atom. The first-order chi connectivity index (χ1) is 12.3. The summed E-state index contributed by atoms with van der Waals surface area (Å²) in [6.45, 7) is 8.86. The molecular formula is C17H23N7O. The molecule has 4 heterocycles. The monoisotopic (exact) mass is 341 g/mol. The third kappa shape index (κ3) is 3.63. The molecule has 0 aromatic carbocycles. The van der Waals surface area contributed by atoms with E-state index in [1.54, 1.807) is 12.4 Å². The average Bonchev–Trinajstić information content (AvgIpc) is 2.69. The van der Waals surface area contributed by atoms with Gasteiger partial charge in [0.05, 0.1) is 19.4 Å². The summed E-state index contributed by atoms with van der Waals surface area (Å²) in [4.78, 5) is 24.8. The van der Waals surface area contributed by atoms with Crippen LogP contribution in [0.4, 0.5) is 17.6 Å². The lowest BCUT2D eigenvalue weighted by molar-refractivity contribution is 0.122. The number of aromatic nitrogens is 4. The van der Waals surface area contributed by atoms with Crippen molar-refractivity contribution in [2.45, 2.75) is 6.92 Å². The van der Waals surface area contributed by atoms with Gasteiger partial charge in [0.15, 0.2) is 0 Å². The van der Waals surface area contributed by atoms with Crippen LogP contribution in [0.15, 0.2) is 24.7 Å². The summed E-state index contributed by atoms with van der Waals surface area (Å²) >= 11 is 0. The van der Waals surface area contributed by atoms with Crippen LogP contribution in [-0.2, 0) is 4.74 Å². The standard InChI is InChI=1S/C17H23N7O/c1-14-12-15(23-8-10-25-11-9-23)21-17(20-14)24-6-4-22(5-7-24)16-13-18-2-3-19-16/h2-3,12-13H,4-11H2,1H3. The Balaban J connectivity index is 1.46. The van der Waals surface area contributed by atoms with E-state index in [2.05, 4.69) is 35.7 Å². The van der Waals surface area contributed by atoms with Crippen LogP contribution in [0.25, 0.3) is 0 Å². The van der Waals surface area contributed by atoms with Crippen molar-refractivity contribution in [2.24, 2.45) is 0 Å². The molecule has 0 saturated carbocycles. The molecule has 2 aliphatic rings. The molecule has 2 aliphatic heterocycles. The van der Waals surface area contributed by atoms with E-state index in [0.29, 0.717) is 0 Å². The number of morpholine rings is 1. The van der Waals surface area contributed by atoms with E-state index < -0.39 is 0 Å². The number of rotatable bonds is 3. The van der Waals surface area contributed by atoms with Crippen molar-refractivity contribution in [3.63, 3.8) is 0 Å². The molecule has 0 bridgehead atoms. The molecule has 0 atom stereocenters. The summed E-state index contributed by atoms with van der Waals surface area (Å²) in [6, 6.07) is 2.06. The predicted molar refractivity (Wildman–Crippen MR) is 96.3 cm³/mol. The lowest BCUT2D eigenvalue weighted by atomic mass is 10.3. The van der Waals surface area contributed by atoms with Gasteiger partial charge in [-0.25, -0.2) is 9.97 Å². The van der Waals surface area contributed by atoms with Crippen molar-refractivity contribution in [2.75, 3.05) is 67.2 Å². The van der Waals surface area contributed by atoms with Crippen LogP contribution in [-0.4, -0.2) is 72.4 Å². The second-order valence-electron chi connectivity index (χ2n) is 6.30. The van der Waals surface area contributed by atoms with Crippen molar-refractivity contribution in [3.8, 4) is 0 Å². The number of aryl methyl sites for hydroxylation is 1. The van der Waals surface area contributed by atoms with E-state index in [-0.39, 0.29) is 0 Å². The van der Waals surface area contributed by atoms with Gasteiger partial charge in [0.25, 0.3) is 0 Å². The lowest BCUT2D eigenvalue weighted by Gasteiger charge is -2.36. The fourth-order valence-electron chi connectivity index (χ4n) is 3.22. The maximum Gasteiger partial charge on any atom is 0.227 e. The van der Waals surface area contributed by atoms with Crippen LogP contribution >= 0.6 is 0 Å². The highest BCUT2D eigenvalue weighted by atomic mass is 16.5. The van der Waals surface area contributed by atoms with Crippen molar-refractivity contribution in [3.05, 3.63) is 30.4 Å². The summed E-state index contributed by atoms with van der Waals surface area (Å²) in [5.41, 5.74) is 1.00. The quantitative estimate of drug-likeness (QED) is 0.810. The van der Waals surface area contributed by atoms with Gasteiger partial charge in [-0.15, -0.1) is 0 Å². The number of nitrogens with zero attached hydrogens (tertiary/aromatic N) is 7. The summed E-state index contributed by atoms with van der Waals surface area (Å²) in [5, 5.41) is 0. The number of hydrogen-bond acceptors (Lipinski definition) is 8. The van der Waals surface area contributed by atoms with Gasteiger partial charge in [0.1, 0.15) is 11.6 Å². The number of hydrogen-bond donors (Lipinski definition) is 0. The minimum Gasteiger partial charge on any atom is -0.378 e. The summed E-state index contributed by atoms with van der Waals surface area (Å²) < 4.78 is 5.44. The molecule has 2 fully saturated rings. The minimum absolute atomic E-state index is 0.759. The molecule has 132 valence electrons. The van der Waals surface area contributed by atoms with Gasteiger partial charge in [-0.2, -0.15) is 4.98 Å². The van der Waals surface area contributed by atoms with Crippen LogP contribution in [0.5, 0.6) is 0 Å². The van der Waals surface area contributed by atoms with Crippen molar-refractivity contribution in [1.82, 2.24) is 19.9 Å². The van der Waals surface area contributed by atoms with Gasteiger partial charge in [-0.05, 0) is 6.92 Å². The van der Waals surface area contributed by atoms with Crippen LogP contribution in [0.3, 0.4) is 0 Å². The summed E-state index contributed by atoms with van der Waals surface area (Å²) in [5.74, 6) is 2.75. The maximum atomic E-state index is 5.44. The Labute approximate surface area is 147 Å². The molecule has 2 aromatic heterocycles. The first kappa shape index (κ1) is 16.0. The van der Waals surface area contributed by atoms with Gasteiger partial charge in [-0.1, -0.05) is 0 Å². The maximum absolute atomic E-state index is 5.44. The SMILES string of the molecule is Cc1cc(N2CCOCC2)nc(N2CCN(c3cnccn3)CC2)n1. The molecule has 0 unspecified atom stereocenters. The van der Waals surface area contributed by atoms with Crippen molar-refractivity contribution in [1.29, 1.82) is 0 Å². The molecule has 2 saturated heterocycles. The Hall–Kier alpha value is -2.48. The summed E-state index contributed by atoms with van der Waals surface area (Å²) in [7, 11) is 0. The molecular weight excluding hydrogens is 318 g/mol. The summed E-state index contributed by atoms with van der Waals surface area (Å²) in [6.07, 6.45) is 5.25. The van der Waals surface area contributed by atoms with E-state index in [0.717, 1.165) is 75.8 Å². The van der Waals surface area contributed by atoms with Crippen molar-refractivity contribution >= 4 is 17.6 Å². The van der Waals surface area contributed by atoms with Gasteiger partial charge >= 0.3 is 0 Å². The smallest absolute Gasteiger partial charge is 0.227 e. The third-order valence-electron chi connectivity index (χ3n) is 4.60. The molecule has 8 heteroatoms. The average molecular weight is 341 g/mol. The second-order valence-corrected chi connectivity index (χ2v) is 6.30. The molecule has 2 aromatic rings. The van der Waals surface area contributed by atoms with Gasteiger partial charge in [0, 0.05) is 63.4 Å². The largest absolute Gasteiger partial charge is 0.378 e. The van der Waals surface area contributed by atoms with Crippen LogP contribution in [0, 0.1) is 6.92 Å². The zero-order valence-electron chi connectivity index (χ0n) is 14.5. The zero-order valence-corrected chi connectivity index (χ0v) is 14.5. The Morgan fingerprint density at radius 2 is 1.56 bits per heavy atom. The van der Waals surface area contributed by atoms with Crippen LogP contribution in [0.2, 0.25) is 0 Å². The Morgan fingerprint density at radius 1 is 0.840 bits per heavy atom. The number of piperazine rings is 1. The second kappa shape index (κ2) is 7.18. The van der Waals surface area contributed by atoms with Crippen LogP contribution < -0.4 is 14.7 Å². The van der Waals surface area contributed by atoms with Crippen LogP contribution in [0.1, 0.15) is 5.69 Å². The fraction of sp³-hybridized carbons (Fsp3) is 0.529. The molecule has 0 N–H and O–H groups in total. The number of ether oxygens (including phenoxy) is 1. The highest BCUT2D eigenvalue weighted by Gasteiger charge is 2.22. The molecule has 0 aliphatic carbocycles. The minimum atomic E-state index is 0.759. The van der Waals surface area contributed by atoms with E-state index in [9.17, 15) is 0 Å². The van der Waals surface area contributed by atoms with Gasteiger partial charge < -0.3 is 19.4 Å². The third-order valence-corrected chi connectivity index (χ3v) is 4.60. The van der Waals surface area contributed by atoms with Gasteiger partial charge in [-0.3, -0.25) is 4.98 Å². The van der Waals surface area contributed by atoms with Gasteiger partial charge in [0.2, 0.25) is 5.95 Å². The highest BCUT2D eigenvalue weighted by Crippen LogP contribution is 2.20. The van der Waals surface area contributed by atoms with Crippen molar-refractivity contribution < 1.29 is 4.74 Å². The Bertz CT molecular complexity index is 697. The zero-order chi connectivity index (χ0) is 17.1. The first-order valence-electron chi connectivity index (χ1n) is 8.74. The first-order valence-corrected chi connectivity index (χ1v) is 8.74. The van der Waals surface area contributed by atoms with E-state index in [1.807, 2.05) is 13.1 Å². The Kier molecular flexibility index (Phi) is 4.60. The molecule has 4 rings (SSSR count). The fourth-order valence-corrected chi connectivity index (χ4v) is 3.22. The topological polar surface area (TPSA) is 70.5 Å². The van der Waals surface area contributed by atoms with E-state index >= 15 is 0 Å². The number of anilines is 3. The molecule has 0 radical (unpaired) electrons. The predicted octanol–water partition coefficient (Wildman–Crippen LogP) is 0.738. The molecule has 25 heavy (non-hydrogen) atoms. The normalized spacial score (nSPS) is 18.5. The molecule has 8 nitrogen and oxygen atoms in total. The van der Waals surface area contributed by atoms with E-state index in [1.165, 1.54) is 0 Å². The lowest BCUT2D eigenvalue weighted by Crippen LogP contribution is -2.47. The molecule has 0 spiro atoms.